The second kappa shape index (κ2) is 6.70. The third kappa shape index (κ3) is 3.20. The lowest BCUT2D eigenvalue weighted by atomic mass is 10.1. The molecule has 5 nitrogen and oxygen atoms in total. The number of nitrogens with zero attached hydrogens (tertiary/aromatic N) is 3. The molecule has 0 aliphatic rings. The van der Waals surface area contributed by atoms with E-state index in [0.717, 1.165) is 16.9 Å². The van der Waals surface area contributed by atoms with Crippen molar-refractivity contribution in [3.8, 4) is 16.9 Å². The zero-order valence-electron chi connectivity index (χ0n) is 13.2. The van der Waals surface area contributed by atoms with E-state index < -0.39 is 0 Å². The zero-order chi connectivity index (χ0) is 17.1. The first-order valence-electron chi connectivity index (χ1n) is 7.72. The topological polar surface area (TPSA) is 59.8 Å². The first-order valence-corrected chi connectivity index (χ1v) is 8.60. The van der Waals surface area contributed by atoms with Crippen molar-refractivity contribution in [2.24, 2.45) is 0 Å². The number of para-hydroxylation sites is 1. The maximum Gasteiger partial charge on any atom is 0.259 e. The first-order chi connectivity index (χ1) is 12.3. The number of carbonyl (C=O) groups excluding carboxylic acids is 1. The lowest BCUT2D eigenvalue weighted by molar-refractivity contribution is 0.102. The molecule has 1 N–H and O–H groups in total. The second-order valence-electron chi connectivity index (χ2n) is 5.33. The second-order valence-corrected chi connectivity index (χ2v) is 6.18. The van der Waals surface area contributed by atoms with E-state index >= 15 is 0 Å². The molecule has 4 rings (SSSR count). The third-order valence-corrected chi connectivity index (χ3v) is 4.45. The number of hydrogen-bond donors (Lipinski definition) is 1. The summed E-state index contributed by atoms with van der Waals surface area (Å²) in [6.45, 7) is 0. The molecule has 25 heavy (non-hydrogen) atoms. The summed E-state index contributed by atoms with van der Waals surface area (Å²) >= 11 is 1.41. The Morgan fingerprint density at radius 1 is 1.00 bits per heavy atom. The number of anilines is 1. The van der Waals surface area contributed by atoms with Gasteiger partial charge in [0.05, 0.1) is 16.9 Å². The molecule has 0 bridgehead atoms. The summed E-state index contributed by atoms with van der Waals surface area (Å²) in [5.41, 5.74) is 3.14. The van der Waals surface area contributed by atoms with Crippen LogP contribution in [0, 0.1) is 0 Å². The Morgan fingerprint density at radius 2 is 1.80 bits per heavy atom. The molecule has 6 heteroatoms. The van der Waals surface area contributed by atoms with Crippen molar-refractivity contribution in [3.05, 3.63) is 84.0 Å². The van der Waals surface area contributed by atoms with Crippen molar-refractivity contribution in [3.63, 3.8) is 0 Å². The predicted molar refractivity (Wildman–Crippen MR) is 99.1 cm³/mol. The van der Waals surface area contributed by atoms with Crippen molar-refractivity contribution < 1.29 is 4.79 Å². The Kier molecular flexibility index (Phi) is 4.10. The van der Waals surface area contributed by atoms with E-state index in [4.69, 9.17) is 0 Å². The first kappa shape index (κ1) is 15.3. The van der Waals surface area contributed by atoms with Gasteiger partial charge in [0.1, 0.15) is 0 Å². The molecule has 4 aromatic rings. The molecule has 0 saturated carbocycles. The molecule has 1 amide bonds. The van der Waals surface area contributed by atoms with Gasteiger partial charge in [0.15, 0.2) is 5.13 Å². The highest BCUT2D eigenvalue weighted by Gasteiger charge is 2.14. The van der Waals surface area contributed by atoms with E-state index in [1.807, 2.05) is 66.2 Å². The molecule has 0 unspecified atom stereocenters. The van der Waals surface area contributed by atoms with Crippen LogP contribution in [0.1, 0.15) is 10.4 Å². The Bertz CT molecular complexity index is 993. The summed E-state index contributed by atoms with van der Waals surface area (Å²) < 4.78 is 1.67. The molecule has 0 spiro atoms. The number of benzene rings is 2. The smallest absolute Gasteiger partial charge is 0.259 e. The summed E-state index contributed by atoms with van der Waals surface area (Å²) in [5, 5.41) is 9.59. The highest BCUT2D eigenvalue weighted by molar-refractivity contribution is 7.14. The van der Waals surface area contributed by atoms with Crippen LogP contribution in [0.4, 0.5) is 5.13 Å². The average molecular weight is 346 g/mol. The van der Waals surface area contributed by atoms with Crippen molar-refractivity contribution in [2.75, 3.05) is 5.32 Å². The maximum absolute atomic E-state index is 12.7. The molecular weight excluding hydrogens is 332 g/mol. The molecular formula is C19H14N4OS. The van der Waals surface area contributed by atoms with Gasteiger partial charge < -0.3 is 0 Å². The fourth-order valence-corrected chi connectivity index (χ4v) is 3.23. The van der Waals surface area contributed by atoms with Gasteiger partial charge >= 0.3 is 0 Å². The molecule has 2 aromatic carbocycles. The molecule has 0 aliphatic carbocycles. The number of rotatable bonds is 4. The summed E-state index contributed by atoms with van der Waals surface area (Å²) in [6.07, 6.45) is 3.49. The Morgan fingerprint density at radius 3 is 2.60 bits per heavy atom. The molecule has 122 valence electrons. The van der Waals surface area contributed by atoms with Crippen LogP contribution in [0.25, 0.3) is 16.9 Å². The fourth-order valence-electron chi connectivity index (χ4n) is 2.51. The van der Waals surface area contributed by atoms with Crippen LogP contribution in [-0.4, -0.2) is 20.7 Å². The normalized spacial score (nSPS) is 10.6. The summed E-state index contributed by atoms with van der Waals surface area (Å²) in [6, 6.07) is 19.1. The van der Waals surface area contributed by atoms with Gasteiger partial charge in [-0.3, -0.25) is 10.1 Å². The molecule has 0 radical (unpaired) electrons. The van der Waals surface area contributed by atoms with Crippen LogP contribution in [0.2, 0.25) is 0 Å². The monoisotopic (exact) mass is 346 g/mol. The van der Waals surface area contributed by atoms with Crippen LogP contribution in [0.15, 0.2) is 78.4 Å². The minimum atomic E-state index is -0.208. The molecule has 2 aromatic heterocycles. The van der Waals surface area contributed by atoms with Crippen molar-refractivity contribution in [2.45, 2.75) is 0 Å². The number of aromatic nitrogens is 3. The van der Waals surface area contributed by atoms with Gasteiger partial charge in [0.25, 0.3) is 5.91 Å². The van der Waals surface area contributed by atoms with Gasteiger partial charge in [-0.25, -0.2) is 9.67 Å². The average Bonchev–Trinajstić information content (AvgIpc) is 3.34. The zero-order valence-corrected chi connectivity index (χ0v) is 14.0. The number of nitrogens with one attached hydrogen (secondary N) is 1. The number of amides is 1. The van der Waals surface area contributed by atoms with E-state index in [9.17, 15) is 4.79 Å². The van der Waals surface area contributed by atoms with E-state index in [2.05, 4.69) is 15.4 Å². The Hall–Kier alpha value is -3.25. The molecule has 0 atom stereocenters. The minimum absolute atomic E-state index is 0.208. The maximum atomic E-state index is 12.7. The van der Waals surface area contributed by atoms with Gasteiger partial charge in [-0.15, -0.1) is 11.3 Å². The predicted octanol–water partition coefficient (Wildman–Crippen LogP) is 4.25. The molecule has 2 heterocycles. The lowest BCUT2D eigenvalue weighted by Crippen LogP contribution is -2.15. The molecule has 0 fully saturated rings. The van der Waals surface area contributed by atoms with Crippen molar-refractivity contribution in [1.29, 1.82) is 0 Å². The van der Waals surface area contributed by atoms with E-state index in [0.29, 0.717) is 10.7 Å². The number of carbonyl (C=O) groups is 1. The Balaban J connectivity index is 1.59. The number of thiazole rings is 1. The van der Waals surface area contributed by atoms with E-state index in [-0.39, 0.29) is 5.91 Å². The largest absolute Gasteiger partial charge is 0.298 e. The standard InChI is InChI=1S/C19H14N4OS/c24-18(15-9-4-5-10-17(15)23-12-6-11-20-23)22-19-21-16(13-25-19)14-7-2-1-3-8-14/h1-13H,(H,21,22,24). The summed E-state index contributed by atoms with van der Waals surface area (Å²) in [4.78, 5) is 17.2. The van der Waals surface area contributed by atoms with Crippen LogP contribution in [0.3, 0.4) is 0 Å². The third-order valence-electron chi connectivity index (χ3n) is 3.69. The Labute approximate surface area is 148 Å². The van der Waals surface area contributed by atoms with Crippen molar-refractivity contribution >= 4 is 22.4 Å². The highest BCUT2D eigenvalue weighted by Crippen LogP contribution is 2.25. The van der Waals surface area contributed by atoms with Crippen molar-refractivity contribution in [1.82, 2.24) is 14.8 Å². The van der Waals surface area contributed by atoms with Crippen LogP contribution >= 0.6 is 11.3 Å². The molecule has 0 aliphatic heterocycles. The highest BCUT2D eigenvalue weighted by atomic mass is 32.1. The fraction of sp³-hybridized carbons (Fsp3) is 0. The molecule has 0 saturated heterocycles. The van der Waals surface area contributed by atoms with Gasteiger partial charge in [0, 0.05) is 23.3 Å². The SMILES string of the molecule is O=C(Nc1nc(-c2ccccc2)cs1)c1ccccc1-n1cccn1. The van der Waals surface area contributed by atoms with Gasteiger partial charge in [-0.1, -0.05) is 42.5 Å². The lowest BCUT2D eigenvalue weighted by Gasteiger charge is -2.08. The van der Waals surface area contributed by atoms with Gasteiger partial charge in [-0.05, 0) is 18.2 Å². The summed E-state index contributed by atoms with van der Waals surface area (Å²) in [7, 11) is 0. The van der Waals surface area contributed by atoms with E-state index in [1.165, 1.54) is 11.3 Å². The van der Waals surface area contributed by atoms with Gasteiger partial charge in [0.2, 0.25) is 0 Å². The number of hydrogen-bond acceptors (Lipinski definition) is 4. The van der Waals surface area contributed by atoms with Gasteiger partial charge in [-0.2, -0.15) is 5.10 Å². The van der Waals surface area contributed by atoms with E-state index in [1.54, 1.807) is 16.9 Å². The van der Waals surface area contributed by atoms with Crippen LogP contribution in [0.5, 0.6) is 0 Å². The van der Waals surface area contributed by atoms with Crippen LogP contribution < -0.4 is 5.32 Å². The quantitative estimate of drug-likeness (QED) is 0.601. The minimum Gasteiger partial charge on any atom is -0.298 e. The van der Waals surface area contributed by atoms with Crippen LogP contribution in [-0.2, 0) is 0 Å². The summed E-state index contributed by atoms with van der Waals surface area (Å²) in [5.74, 6) is -0.208.